The van der Waals surface area contributed by atoms with Crippen molar-refractivity contribution >= 4 is 0 Å². The quantitative estimate of drug-likeness (QED) is 0.223. The number of nitrogens with zero attached hydrogens (tertiary/aromatic N) is 1. The lowest BCUT2D eigenvalue weighted by Gasteiger charge is -2.31. The molecule has 0 fully saturated rings. The van der Waals surface area contributed by atoms with Gasteiger partial charge in [0.15, 0.2) is 0 Å². The fraction of sp³-hybridized carbons (Fsp3) is 0.611. The summed E-state index contributed by atoms with van der Waals surface area (Å²) in [6.45, 7) is 54.2. The Kier molecular flexibility index (Phi) is 16.5. The number of hydrogen-bond donors (Lipinski definition) is 0. The van der Waals surface area contributed by atoms with Crippen molar-refractivity contribution in [2.24, 2.45) is 10.8 Å². The number of aromatic nitrogens is 1. The van der Waals surface area contributed by atoms with E-state index in [1.807, 2.05) is 12.4 Å². The van der Waals surface area contributed by atoms with E-state index >= 15 is 0 Å². The van der Waals surface area contributed by atoms with Crippen LogP contribution in [0, 0.1) is 10.8 Å². The molecule has 1 nitrogen and oxygen atoms in total. The number of hydrogen-bond acceptors (Lipinski definition) is 1. The molecule has 0 aliphatic heterocycles. The van der Waals surface area contributed by atoms with E-state index in [0.29, 0.717) is 10.8 Å². The van der Waals surface area contributed by atoms with Crippen LogP contribution >= 0.6 is 0 Å². The van der Waals surface area contributed by atoms with Gasteiger partial charge in [-0.15, -0.1) is 0 Å². The van der Waals surface area contributed by atoms with Crippen molar-refractivity contribution < 1.29 is 0 Å². The third-order valence-corrected chi connectivity index (χ3v) is 10.2. The molecule has 0 unspecified atom stereocenters. The zero-order chi connectivity index (χ0) is 43.2. The van der Waals surface area contributed by atoms with Gasteiger partial charge >= 0.3 is 0 Å². The summed E-state index contributed by atoms with van der Waals surface area (Å²) in [4.78, 5) is 4.32. The predicted molar refractivity (Wildman–Crippen MR) is 249 cm³/mol. The van der Waals surface area contributed by atoms with E-state index in [1.165, 1.54) is 33.4 Å². The van der Waals surface area contributed by atoms with Gasteiger partial charge in [0.1, 0.15) is 0 Å². The zero-order valence-corrected chi connectivity index (χ0v) is 40.7. The molecule has 3 aromatic rings. The lowest BCUT2D eigenvalue weighted by molar-refractivity contribution is 0.449. The molecule has 2 aromatic carbocycles. The summed E-state index contributed by atoms with van der Waals surface area (Å²) in [6.07, 6.45) is 9.81. The highest BCUT2D eigenvalue weighted by atomic mass is 14.6. The van der Waals surface area contributed by atoms with Crippen molar-refractivity contribution in [2.45, 2.75) is 205 Å². The van der Waals surface area contributed by atoms with Crippen molar-refractivity contribution in [3.8, 4) is 0 Å². The lowest BCUT2D eigenvalue weighted by atomic mass is 9.74. The third kappa shape index (κ3) is 16.6. The Morgan fingerprint density at radius 2 is 0.600 bits per heavy atom. The van der Waals surface area contributed by atoms with Gasteiger partial charge in [-0.2, -0.15) is 0 Å². The maximum absolute atomic E-state index is 4.32. The van der Waals surface area contributed by atoms with Crippen LogP contribution in [0.15, 0.2) is 90.3 Å². The molecule has 0 N–H and O–H groups in total. The lowest BCUT2D eigenvalue weighted by Crippen LogP contribution is -2.21. The van der Waals surface area contributed by atoms with Crippen molar-refractivity contribution in [3.63, 3.8) is 0 Å². The fourth-order valence-corrected chi connectivity index (χ4v) is 6.46. The third-order valence-electron chi connectivity index (χ3n) is 10.2. The van der Waals surface area contributed by atoms with Gasteiger partial charge in [0.25, 0.3) is 0 Å². The minimum atomic E-state index is 0.189. The highest BCUT2D eigenvalue weighted by molar-refractivity contribution is 5.44. The Hall–Kier alpha value is -2.93. The number of benzene rings is 2. The van der Waals surface area contributed by atoms with Crippen LogP contribution in [0.25, 0.3) is 0 Å². The van der Waals surface area contributed by atoms with Gasteiger partial charge in [0.2, 0.25) is 0 Å². The van der Waals surface area contributed by atoms with Crippen molar-refractivity contribution in [1.29, 1.82) is 0 Å². The molecule has 0 bridgehead atoms. The summed E-state index contributed by atoms with van der Waals surface area (Å²) in [7, 11) is 0. The first-order valence-electron chi connectivity index (χ1n) is 21.0. The Morgan fingerprint density at radius 1 is 0.327 bits per heavy atom. The van der Waals surface area contributed by atoms with Gasteiger partial charge in [0, 0.05) is 12.4 Å². The number of allylic oxidation sites excluding steroid dienone is 4. The van der Waals surface area contributed by atoms with Crippen LogP contribution in [0.5, 0.6) is 0 Å². The first-order valence-corrected chi connectivity index (χ1v) is 21.0. The summed E-state index contributed by atoms with van der Waals surface area (Å²) < 4.78 is 0. The molecule has 308 valence electrons. The molecule has 1 heterocycles. The smallest absolute Gasteiger partial charge is 0.0305 e. The molecule has 1 aliphatic rings. The Morgan fingerprint density at radius 3 is 0.818 bits per heavy atom. The summed E-state index contributed by atoms with van der Waals surface area (Å²) >= 11 is 0. The second-order valence-electron chi connectivity index (χ2n) is 24.1. The second-order valence-corrected chi connectivity index (χ2v) is 24.1. The molecule has 1 aliphatic carbocycles. The zero-order valence-electron chi connectivity index (χ0n) is 40.7. The van der Waals surface area contributed by atoms with Crippen LogP contribution in [0.4, 0.5) is 0 Å². The first-order chi connectivity index (χ1) is 24.4. The molecule has 1 heteroatoms. The van der Waals surface area contributed by atoms with E-state index in [9.17, 15) is 0 Å². The molecular formula is C54H87N. The highest BCUT2D eigenvalue weighted by Crippen LogP contribution is 2.43. The van der Waals surface area contributed by atoms with Crippen molar-refractivity contribution in [3.05, 3.63) is 124 Å². The molecule has 55 heavy (non-hydrogen) atoms. The van der Waals surface area contributed by atoms with Crippen LogP contribution in [0.1, 0.15) is 206 Å². The van der Waals surface area contributed by atoms with E-state index in [0.717, 1.165) is 6.42 Å². The summed E-state index contributed by atoms with van der Waals surface area (Å²) in [5, 5.41) is 0. The maximum atomic E-state index is 4.32. The molecule has 1 aromatic heterocycles. The van der Waals surface area contributed by atoms with E-state index in [1.54, 1.807) is 11.1 Å². The molecule has 4 rings (SSSR count). The van der Waals surface area contributed by atoms with Gasteiger partial charge in [-0.25, -0.2) is 0 Å². The van der Waals surface area contributed by atoms with Gasteiger partial charge in [-0.1, -0.05) is 233 Å². The molecule has 0 saturated carbocycles. The molecule has 0 amide bonds. The van der Waals surface area contributed by atoms with Crippen LogP contribution in [-0.2, 0) is 32.5 Å². The maximum Gasteiger partial charge on any atom is 0.0305 e. The Balaban J connectivity index is 0.000000367. The van der Waals surface area contributed by atoms with E-state index < -0.39 is 0 Å². The predicted octanol–water partition coefficient (Wildman–Crippen LogP) is 16.6. The van der Waals surface area contributed by atoms with Gasteiger partial charge < -0.3 is 0 Å². The van der Waals surface area contributed by atoms with Gasteiger partial charge in [-0.05, 0) is 94.3 Å². The fourth-order valence-electron chi connectivity index (χ4n) is 6.46. The van der Waals surface area contributed by atoms with Crippen LogP contribution in [-0.4, -0.2) is 4.98 Å². The minimum absolute atomic E-state index is 0.189. The molecule has 0 atom stereocenters. The van der Waals surface area contributed by atoms with E-state index in [2.05, 4.69) is 238 Å². The number of pyridine rings is 1. The molecule has 0 radical (unpaired) electrons. The topological polar surface area (TPSA) is 12.9 Å². The molecule has 0 spiro atoms. The molecular weight excluding hydrogens is 663 g/mol. The average molecular weight is 750 g/mol. The van der Waals surface area contributed by atoms with Crippen LogP contribution in [0.2, 0.25) is 0 Å². The van der Waals surface area contributed by atoms with Crippen LogP contribution in [0.3, 0.4) is 0 Å². The number of rotatable bonds is 0. The standard InChI is InChI=1S/2C14H22.C13H21N.C13H22/c1-13(2,3)11-7-9-12(10-8-11)14(4,5)6;1-13(2,3)11-9-7-8-10-12(11)14(4,5)6;1-12(2,3)10-7-11(9-14-8-10)13(4,5)6;1-12(2,3)10-8-7-9-11(10)13(4,5)6/h2*7-10H,1-6H3;7-9H,1-6H3;8-9H,7H2,1-6H3. The highest BCUT2D eigenvalue weighted by Gasteiger charge is 2.30. The first kappa shape index (κ1) is 50.1. The van der Waals surface area contributed by atoms with E-state index in [4.69, 9.17) is 0 Å². The summed E-state index contributed by atoms with van der Waals surface area (Å²) in [5.41, 5.74) is 13.4. The summed E-state index contributed by atoms with van der Waals surface area (Å²) in [6, 6.07) is 20.0. The average Bonchev–Trinajstić information content (AvgIpc) is 3.52. The van der Waals surface area contributed by atoms with Gasteiger partial charge in [-0.3, -0.25) is 4.98 Å². The largest absolute Gasteiger partial charge is 0.264 e. The minimum Gasteiger partial charge on any atom is -0.264 e. The van der Waals surface area contributed by atoms with Crippen molar-refractivity contribution in [2.75, 3.05) is 0 Å². The Labute approximate surface area is 343 Å². The van der Waals surface area contributed by atoms with Crippen molar-refractivity contribution in [1.82, 2.24) is 4.98 Å². The monoisotopic (exact) mass is 750 g/mol. The van der Waals surface area contributed by atoms with E-state index in [-0.39, 0.29) is 32.5 Å². The SMILES string of the molecule is CC(C)(C)C1=CCC=C1C(C)(C)C.CC(C)(C)c1ccc(C(C)(C)C)cc1.CC(C)(C)c1ccccc1C(C)(C)C.CC(C)(C)c1cncc(C(C)(C)C)c1. The molecule has 0 saturated heterocycles. The second kappa shape index (κ2) is 18.1. The van der Waals surface area contributed by atoms with Gasteiger partial charge in [0.05, 0.1) is 0 Å². The Bertz CT molecular complexity index is 1560. The van der Waals surface area contributed by atoms with Crippen LogP contribution < -0.4 is 0 Å². The summed E-state index contributed by atoms with van der Waals surface area (Å²) in [5.74, 6) is 0. The normalized spacial score (nSPS) is 14.3.